The molecule has 0 aliphatic carbocycles. The molecule has 6 nitrogen and oxygen atoms in total. The van der Waals surface area contributed by atoms with Crippen LogP contribution >= 0.6 is 11.6 Å². The van der Waals surface area contributed by atoms with E-state index in [9.17, 15) is 14.4 Å². The molecule has 19 heavy (non-hydrogen) atoms. The first-order valence-electron chi connectivity index (χ1n) is 5.39. The highest BCUT2D eigenvalue weighted by Gasteiger charge is 2.23. The van der Waals surface area contributed by atoms with Gasteiger partial charge in [0.25, 0.3) is 5.91 Å². The number of aryl methyl sites for hydroxylation is 1. The lowest BCUT2D eigenvalue weighted by Crippen LogP contribution is -2.43. The van der Waals surface area contributed by atoms with Crippen LogP contribution in [0, 0.1) is 6.92 Å². The lowest BCUT2D eigenvalue weighted by atomic mass is 10.1. The smallest absolute Gasteiger partial charge is 0.326 e. The van der Waals surface area contributed by atoms with Crippen LogP contribution in [-0.2, 0) is 9.59 Å². The number of hydrogen-bond donors (Lipinski definition) is 3. The first kappa shape index (κ1) is 15.0. The van der Waals surface area contributed by atoms with Gasteiger partial charge < -0.3 is 16.2 Å². The number of hydrogen-bond acceptors (Lipinski definition) is 3. The summed E-state index contributed by atoms with van der Waals surface area (Å²) >= 11 is 5.77. The Morgan fingerprint density at radius 1 is 1.42 bits per heavy atom. The standard InChI is InChI=1S/C12H13ClN2O4/c1-6-2-3-7(13)4-8(6)11(17)15-9(12(18)19)5-10(14)16/h2-4,9H,5H2,1H3,(H2,14,16)(H,15,17)(H,18,19)/t9-/m0/s1. The molecular formula is C12H13ClN2O4. The maximum atomic E-state index is 11.9. The molecule has 1 atom stereocenters. The van der Waals surface area contributed by atoms with Crippen molar-refractivity contribution in [1.29, 1.82) is 0 Å². The van der Waals surface area contributed by atoms with E-state index in [1.165, 1.54) is 6.07 Å². The zero-order valence-electron chi connectivity index (χ0n) is 10.1. The van der Waals surface area contributed by atoms with Crippen molar-refractivity contribution in [2.24, 2.45) is 5.73 Å². The molecule has 0 unspecified atom stereocenters. The Kier molecular flexibility index (Phi) is 4.88. The minimum atomic E-state index is -1.36. The quantitative estimate of drug-likeness (QED) is 0.739. The zero-order valence-corrected chi connectivity index (χ0v) is 10.9. The number of carbonyl (C=O) groups is 3. The van der Waals surface area contributed by atoms with Crippen molar-refractivity contribution in [3.05, 3.63) is 34.3 Å². The highest BCUT2D eigenvalue weighted by atomic mass is 35.5. The topological polar surface area (TPSA) is 109 Å². The van der Waals surface area contributed by atoms with Gasteiger partial charge in [0.05, 0.1) is 6.42 Å². The van der Waals surface area contributed by atoms with Crippen molar-refractivity contribution in [2.75, 3.05) is 0 Å². The lowest BCUT2D eigenvalue weighted by Gasteiger charge is -2.14. The first-order valence-corrected chi connectivity index (χ1v) is 5.77. The summed E-state index contributed by atoms with van der Waals surface area (Å²) in [4.78, 5) is 33.6. The van der Waals surface area contributed by atoms with Crippen molar-refractivity contribution in [2.45, 2.75) is 19.4 Å². The number of rotatable bonds is 5. The van der Waals surface area contributed by atoms with Gasteiger partial charge in [-0.3, -0.25) is 9.59 Å². The van der Waals surface area contributed by atoms with Crippen LogP contribution in [0.1, 0.15) is 22.3 Å². The Labute approximate surface area is 114 Å². The molecule has 2 amide bonds. The number of halogens is 1. The number of nitrogens with one attached hydrogen (secondary N) is 1. The van der Waals surface area contributed by atoms with Crippen molar-refractivity contribution in [1.82, 2.24) is 5.32 Å². The molecule has 1 rings (SSSR count). The second-order valence-corrected chi connectivity index (χ2v) is 4.43. The van der Waals surface area contributed by atoms with E-state index in [1.807, 2.05) is 0 Å². The van der Waals surface area contributed by atoms with E-state index in [1.54, 1.807) is 19.1 Å². The van der Waals surface area contributed by atoms with E-state index < -0.39 is 30.2 Å². The third kappa shape index (κ3) is 4.26. The van der Waals surface area contributed by atoms with Gasteiger partial charge in [-0.1, -0.05) is 17.7 Å². The van der Waals surface area contributed by atoms with Gasteiger partial charge in [0.15, 0.2) is 0 Å². The summed E-state index contributed by atoms with van der Waals surface area (Å²) in [5, 5.41) is 11.5. The molecule has 0 saturated carbocycles. The van der Waals surface area contributed by atoms with E-state index in [0.717, 1.165) is 0 Å². The minimum absolute atomic E-state index is 0.253. The van der Waals surface area contributed by atoms with Crippen LogP contribution < -0.4 is 11.1 Å². The number of nitrogens with two attached hydrogens (primary N) is 1. The fourth-order valence-corrected chi connectivity index (χ4v) is 1.65. The van der Waals surface area contributed by atoms with Gasteiger partial charge in [0, 0.05) is 10.6 Å². The molecular weight excluding hydrogens is 272 g/mol. The average molecular weight is 285 g/mol. The van der Waals surface area contributed by atoms with Gasteiger partial charge >= 0.3 is 5.97 Å². The average Bonchev–Trinajstić information content (AvgIpc) is 2.30. The number of carboxylic acids is 1. The molecule has 1 aromatic carbocycles. The van der Waals surface area contributed by atoms with Crippen LogP contribution in [-0.4, -0.2) is 28.9 Å². The van der Waals surface area contributed by atoms with Crippen molar-refractivity contribution in [3.63, 3.8) is 0 Å². The van der Waals surface area contributed by atoms with Crippen LogP contribution in [0.5, 0.6) is 0 Å². The number of carbonyl (C=O) groups excluding carboxylic acids is 2. The third-order valence-corrected chi connectivity index (χ3v) is 2.69. The zero-order chi connectivity index (χ0) is 14.6. The van der Waals surface area contributed by atoms with Crippen LogP contribution in [0.15, 0.2) is 18.2 Å². The predicted molar refractivity (Wildman–Crippen MR) is 68.9 cm³/mol. The number of amides is 2. The van der Waals surface area contributed by atoms with Gasteiger partial charge in [-0.25, -0.2) is 4.79 Å². The second-order valence-electron chi connectivity index (χ2n) is 3.99. The summed E-state index contributed by atoms with van der Waals surface area (Å²) in [7, 11) is 0. The molecule has 0 aromatic heterocycles. The molecule has 4 N–H and O–H groups in total. The summed E-state index contributed by atoms with van der Waals surface area (Å²) in [6.07, 6.45) is -0.472. The Hall–Kier alpha value is -2.08. The van der Waals surface area contributed by atoms with Crippen LogP contribution in [0.2, 0.25) is 5.02 Å². The van der Waals surface area contributed by atoms with Crippen molar-refractivity contribution < 1.29 is 19.5 Å². The summed E-state index contributed by atoms with van der Waals surface area (Å²) in [6, 6.07) is 3.32. The number of aliphatic carboxylic acids is 1. The summed E-state index contributed by atoms with van der Waals surface area (Å²) < 4.78 is 0. The normalized spacial score (nSPS) is 11.7. The maximum absolute atomic E-state index is 11.9. The highest BCUT2D eigenvalue weighted by molar-refractivity contribution is 6.31. The SMILES string of the molecule is Cc1ccc(Cl)cc1C(=O)N[C@@H](CC(N)=O)C(=O)O. The van der Waals surface area contributed by atoms with Gasteiger partial charge in [0.1, 0.15) is 6.04 Å². The van der Waals surface area contributed by atoms with E-state index in [2.05, 4.69) is 5.32 Å². The third-order valence-electron chi connectivity index (χ3n) is 2.45. The monoisotopic (exact) mass is 284 g/mol. The molecule has 0 fully saturated rings. The molecule has 0 saturated heterocycles. The summed E-state index contributed by atoms with van der Waals surface area (Å²) in [5.74, 6) is -2.75. The fourth-order valence-electron chi connectivity index (χ4n) is 1.48. The molecule has 0 aliphatic rings. The van der Waals surface area contributed by atoms with E-state index in [-0.39, 0.29) is 5.56 Å². The molecule has 102 valence electrons. The van der Waals surface area contributed by atoms with Gasteiger partial charge in [-0.2, -0.15) is 0 Å². The predicted octanol–water partition coefficient (Wildman–Crippen LogP) is 0.707. The molecule has 7 heteroatoms. The van der Waals surface area contributed by atoms with E-state index in [4.69, 9.17) is 22.4 Å². The Morgan fingerprint density at radius 2 is 2.05 bits per heavy atom. The number of carboxylic acid groups (broad SMARTS) is 1. The maximum Gasteiger partial charge on any atom is 0.326 e. The molecule has 0 heterocycles. The molecule has 1 aromatic rings. The Bertz CT molecular complexity index is 530. The Morgan fingerprint density at radius 3 is 2.58 bits per heavy atom. The van der Waals surface area contributed by atoms with E-state index >= 15 is 0 Å². The van der Waals surface area contributed by atoms with Crippen molar-refractivity contribution >= 4 is 29.4 Å². The Balaban J connectivity index is 2.90. The molecule has 0 spiro atoms. The van der Waals surface area contributed by atoms with Crippen LogP contribution in [0.3, 0.4) is 0 Å². The number of primary amides is 1. The first-order chi connectivity index (χ1) is 8.81. The van der Waals surface area contributed by atoms with Gasteiger partial charge in [-0.05, 0) is 24.6 Å². The molecule has 0 aliphatic heterocycles. The van der Waals surface area contributed by atoms with Gasteiger partial charge in [0.2, 0.25) is 5.91 Å². The molecule has 0 bridgehead atoms. The summed E-state index contributed by atoms with van der Waals surface area (Å²) in [6.45, 7) is 1.69. The molecule has 0 radical (unpaired) electrons. The van der Waals surface area contributed by atoms with Gasteiger partial charge in [-0.15, -0.1) is 0 Å². The largest absolute Gasteiger partial charge is 0.480 e. The lowest BCUT2D eigenvalue weighted by molar-refractivity contribution is -0.140. The number of benzene rings is 1. The van der Waals surface area contributed by atoms with Crippen LogP contribution in [0.4, 0.5) is 0 Å². The highest BCUT2D eigenvalue weighted by Crippen LogP contribution is 2.15. The minimum Gasteiger partial charge on any atom is -0.480 e. The van der Waals surface area contributed by atoms with Crippen molar-refractivity contribution in [3.8, 4) is 0 Å². The summed E-state index contributed by atoms with van der Waals surface area (Å²) in [5.41, 5.74) is 5.82. The fraction of sp³-hybridized carbons (Fsp3) is 0.250. The van der Waals surface area contributed by atoms with E-state index in [0.29, 0.717) is 10.6 Å². The second kappa shape index (κ2) is 6.19. The van der Waals surface area contributed by atoms with Crippen LogP contribution in [0.25, 0.3) is 0 Å².